The number of nitrogens with zero attached hydrogens (tertiary/aromatic N) is 4. The molecule has 1 atom stereocenters. The number of piperidine rings is 1. The summed E-state index contributed by atoms with van der Waals surface area (Å²) in [5.41, 5.74) is 2.11. The summed E-state index contributed by atoms with van der Waals surface area (Å²) >= 11 is 0. The summed E-state index contributed by atoms with van der Waals surface area (Å²) < 4.78 is 34.7. The second-order valence-electron chi connectivity index (χ2n) is 6.82. The molecule has 1 aliphatic heterocycles. The summed E-state index contributed by atoms with van der Waals surface area (Å²) in [7, 11) is 1.85. The Morgan fingerprint density at radius 3 is 2.96 bits per heavy atom. The normalized spacial score (nSPS) is 18.3. The molecule has 2 aromatic heterocycles. The third-order valence-electron chi connectivity index (χ3n) is 4.84. The lowest BCUT2D eigenvalue weighted by atomic mass is 9.90. The van der Waals surface area contributed by atoms with Crippen LogP contribution in [0.1, 0.15) is 30.1 Å². The molecular weight excluding hydrogens is 338 g/mol. The van der Waals surface area contributed by atoms with E-state index in [0.29, 0.717) is 18.7 Å². The van der Waals surface area contributed by atoms with Crippen LogP contribution in [0.15, 0.2) is 41.2 Å². The fraction of sp³-hybridized carbons (Fsp3) is 0.368. The zero-order valence-corrected chi connectivity index (χ0v) is 14.5. The van der Waals surface area contributed by atoms with Crippen LogP contribution in [-0.2, 0) is 13.6 Å². The topological polar surface area (TPSA) is 47.1 Å². The second kappa shape index (κ2) is 6.99. The van der Waals surface area contributed by atoms with E-state index in [-0.39, 0.29) is 11.7 Å². The van der Waals surface area contributed by atoms with Crippen molar-refractivity contribution in [3.63, 3.8) is 0 Å². The Kier molecular flexibility index (Phi) is 4.55. The Balaban J connectivity index is 1.45. The molecule has 1 fully saturated rings. The number of likely N-dealkylation sites (tertiary alicyclic amines) is 1. The Hall–Kier alpha value is -2.54. The first-order valence-corrected chi connectivity index (χ1v) is 8.70. The largest absolute Gasteiger partial charge is 0.359 e. The zero-order valence-electron chi connectivity index (χ0n) is 14.5. The van der Waals surface area contributed by atoms with E-state index in [1.54, 1.807) is 10.9 Å². The molecule has 3 heterocycles. The lowest BCUT2D eigenvalue weighted by Crippen LogP contribution is -2.34. The predicted molar refractivity (Wildman–Crippen MR) is 92.3 cm³/mol. The van der Waals surface area contributed by atoms with Gasteiger partial charge in [0.15, 0.2) is 5.76 Å². The van der Waals surface area contributed by atoms with Crippen LogP contribution in [0.5, 0.6) is 0 Å². The molecule has 1 saturated heterocycles. The van der Waals surface area contributed by atoms with Gasteiger partial charge in [-0.2, -0.15) is 5.10 Å². The Morgan fingerprint density at radius 1 is 1.27 bits per heavy atom. The smallest absolute Gasteiger partial charge is 0.151 e. The summed E-state index contributed by atoms with van der Waals surface area (Å²) in [5.74, 6) is 0.0102. The van der Waals surface area contributed by atoms with E-state index in [0.717, 1.165) is 42.5 Å². The minimum atomic E-state index is -0.394. The van der Waals surface area contributed by atoms with Crippen LogP contribution >= 0.6 is 0 Å². The van der Waals surface area contributed by atoms with Crippen molar-refractivity contribution in [3.05, 3.63) is 59.6 Å². The van der Waals surface area contributed by atoms with Crippen LogP contribution in [0.4, 0.5) is 8.78 Å². The number of halogens is 2. The fourth-order valence-electron chi connectivity index (χ4n) is 3.58. The van der Waals surface area contributed by atoms with Gasteiger partial charge in [0.2, 0.25) is 0 Å². The molecule has 1 aromatic carbocycles. The minimum Gasteiger partial charge on any atom is -0.359 e. The number of hydrogen-bond acceptors (Lipinski definition) is 4. The van der Waals surface area contributed by atoms with Gasteiger partial charge in [-0.05, 0) is 49.1 Å². The molecule has 136 valence electrons. The van der Waals surface area contributed by atoms with Gasteiger partial charge in [-0.15, -0.1) is 0 Å². The van der Waals surface area contributed by atoms with Gasteiger partial charge < -0.3 is 4.52 Å². The molecule has 0 amide bonds. The van der Waals surface area contributed by atoms with E-state index >= 15 is 0 Å². The number of hydrogen-bond donors (Lipinski definition) is 0. The van der Waals surface area contributed by atoms with Crippen molar-refractivity contribution < 1.29 is 13.3 Å². The quantitative estimate of drug-likeness (QED) is 0.713. The maximum Gasteiger partial charge on any atom is 0.151 e. The first-order chi connectivity index (χ1) is 12.6. The van der Waals surface area contributed by atoms with Crippen molar-refractivity contribution >= 4 is 0 Å². The summed E-state index contributed by atoms with van der Waals surface area (Å²) in [6, 6.07) is 5.59. The Morgan fingerprint density at radius 2 is 2.15 bits per heavy atom. The van der Waals surface area contributed by atoms with Crippen LogP contribution in [0.2, 0.25) is 0 Å². The lowest BCUT2D eigenvalue weighted by molar-refractivity contribution is 0.179. The van der Waals surface area contributed by atoms with E-state index in [4.69, 9.17) is 4.52 Å². The molecule has 0 bridgehead atoms. The molecule has 0 N–H and O–H groups in total. The first-order valence-electron chi connectivity index (χ1n) is 8.70. The van der Waals surface area contributed by atoms with Crippen LogP contribution < -0.4 is 0 Å². The molecule has 1 aliphatic rings. The third-order valence-corrected chi connectivity index (χ3v) is 4.84. The fourth-order valence-corrected chi connectivity index (χ4v) is 3.58. The van der Waals surface area contributed by atoms with Crippen LogP contribution in [0, 0.1) is 11.6 Å². The van der Waals surface area contributed by atoms with Crippen molar-refractivity contribution in [3.8, 4) is 11.3 Å². The van der Waals surface area contributed by atoms with Gasteiger partial charge in [-0.1, -0.05) is 5.16 Å². The zero-order chi connectivity index (χ0) is 18.1. The molecule has 0 radical (unpaired) electrons. The summed E-state index contributed by atoms with van der Waals surface area (Å²) in [6.45, 7) is 2.17. The molecule has 0 unspecified atom stereocenters. The van der Waals surface area contributed by atoms with Crippen LogP contribution in [0.25, 0.3) is 11.3 Å². The lowest BCUT2D eigenvalue weighted by Gasteiger charge is -2.32. The van der Waals surface area contributed by atoms with E-state index in [1.807, 2.05) is 19.3 Å². The molecule has 26 heavy (non-hydrogen) atoms. The second-order valence-corrected chi connectivity index (χ2v) is 6.82. The van der Waals surface area contributed by atoms with Crippen molar-refractivity contribution in [2.45, 2.75) is 25.3 Å². The monoisotopic (exact) mass is 358 g/mol. The van der Waals surface area contributed by atoms with Crippen LogP contribution in [-0.4, -0.2) is 32.9 Å². The summed E-state index contributed by atoms with van der Waals surface area (Å²) in [6.07, 6.45) is 5.41. The highest BCUT2D eigenvalue weighted by molar-refractivity contribution is 5.56. The Labute approximate surface area is 150 Å². The Bertz CT molecular complexity index is 905. The van der Waals surface area contributed by atoms with E-state index in [2.05, 4.69) is 15.2 Å². The standard InChI is InChI=1S/C19H20F2N4O/c1-24-10-14(9-22-24)19-8-16(26-23-19)12-25-6-2-3-13(11-25)17-7-15(20)4-5-18(17)21/h4-5,7-10,13H,2-3,6,11-12H2,1H3/t13-/m0/s1. The van der Waals surface area contributed by atoms with Gasteiger partial charge in [-0.25, -0.2) is 8.78 Å². The molecule has 0 aliphatic carbocycles. The van der Waals surface area contributed by atoms with Crippen molar-refractivity contribution in [1.29, 1.82) is 0 Å². The van der Waals surface area contributed by atoms with E-state index in [1.165, 1.54) is 12.1 Å². The highest BCUT2D eigenvalue weighted by Crippen LogP contribution is 2.30. The molecule has 0 spiro atoms. The van der Waals surface area contributed by atoms with E-state index in [9.17, 15) is 8.78 Å². The van der Waals surface area contributed by atoms with Gasteiger partial charge in [0.05, 0.1) is 12.7 Å². The minimum absolute atomic E-state index is 0.0137. The highest BCUT2D eigenvalue weighted by Gasteiger charge is 2.25. The molecule has 5 nitrogen and oxygen atoms in total. The van der Waals surface area contributed by atoms with Gasteiger partial charge >= 0.3 is 0 Å². The predicted octanol–water partition coefficient (Wildman–Crippen LogP) is 3.73. The number of rotatable bonds is 4. The summed E-state index contributed by atoms with van der Waals surface area (Å²) in [4.78, 5) is 2.20. The van der Waals surface area contributed by atoms with Crippen molar-refractivity contribution in [2.75, 3.05) is 13.1 Å². The summed E-state index contributed by atoms with van der Waals surface area (Å²) in [5, 5.41) is 8.24. The average Bonchev–Trinajstić information content (AvgIpc) is 3.26. The van der Waals surface area contributed by atoms with Gasteiger partial charge in [0, 0.05) is 31.4 Å². The molecular formula is C19H20F2N4O. The molecule has 4 rings (SSSR count). The maximum absolute atomic E-state index is 14.1. The third kappa shape index (κ3) is 3.53. The van der Waals surface area contributed by atoms with Crippen LogP contribution in [0.3, 0.4) is 0 Å². The first kappa shape index (κ1) is 16.9. The van der Waals surface area contributed by atoms with E-state index < -0.39 is 5.82 Å². The van der Waals surface area contributed by atoms with Gasteiger partial charge in [0.25, 0.3) is 0 Å². The highest BCUT2D eigenvalue weighted by atomic mass is 19.1. The van der Waals surface area contributed by atoms with Gasteiger partial charge in [-0.3, -0.25) is 9.58 Å². The molecule has 3 aromatic rings. The molecule has 7 heteroatoms. The maximum atomic E-state index is 14.1. The van der Waals surface area contributed by atoms with Gasteiger partial charge in [0.1, 0.15) is 17.3 Å². The molecule has 0 saturated carbocycles. The number of benzene rings is 1. The van der Waals surface area contributed by atoms with Crippen molar-refractivity contribution in [1.82, 2.24) is 19.8 Å². The number of aryl methyl sites for hydroxylation is 1. The number of aromatic nitrogens is 3. The average molecular weight is 358 g/mol. The SMILES string of the molecule is Cn1cc(-c2cc(CN3CCC[C@H](c4cc(F)ccc4F)C3)on2)cn1. The van der Waals surface area contributed by atoms with Crippen molar-refractivity contribution in [2.24, 2.45) is 7.05 Å².